The van der Waals surface area contributed by atoms with Crippen molar-refractivity contribution in [2.75, 3.05) is 47.5 Å². The fourth-order valence-electron chi connectivity index (χ4n) is 10.0. The smallest absolute Gasteiger partial charge is 0.303 e. The third kappa shape index (κ3) is 13.7. The summed E-state index contributed by atoms with van der Waals surface area (Å²) in [6, 6.07) is 8.11. The molecule has 1 saturated carbocycles. The van der Waals surface area contributed by atoms with Crippen LogP contribution in [-0.4, -0.2) is 139 Å². The highest BCUT2D eigenvalue weighted by Crippen LogP contribution is 2.53. The van der Waals surface area contributed by atoms with Crippen molar-refractivity contribution in [3.8, 4) is 0 Å². The molecule has 1 unspecified atom stereocenters. The molecule has 3 aliphatic rings. The zero-order valence-electron chi connectivity index (χ0n) is 41.7. The quantitative estimate of drug-likeness (QED) is 0.0905. The highest BCUT2D eigenvalue weighted by molar-refractivity contribution is 5.96. The van der Waals surface area contributed by atoms with Gasteiger partial charge in [0.05, 0.1) is 49.3 Å². The van der Waals surface area contributed by atoms with Crippen molar-refractivity contribution < 1.29 is 48.2 Å². The van der Waals surface area contributed by atoms with Crippen LogP contribution in [0.25, 0.3) is 0 Å². The second kappa shape index (κ2) is 25.3. The Kier molecular flexibility index (Phi) is 20.8. The van der Waals surface area contributed by atoms with E-state index in [1.165, 1.54) is 5.06 Å². The zero-order valence-corrected chi connectivity index (χ0v) is 41.7. The lowest BCUT2D eigenvalue weighted by Crippen LogP contribution is -2.56. The van der Waals surface area contributed by atoms with E-state index in [1.807, 2.05) is 80.8 Å². The van der Waals surface area contributed by atoms with Crippen molar-refractivity contribution >= 4 is 35.4 Å². The standard InChI is InChI=1S/C51H81N5O10/c1-12-34(6)38(25-24-35(7)46(60)44(32(2)3)52-49(62)45(33(4)5)54(9)26-19-23-43(58)59)41(64-10)30-42(57)55-27-18-22-40(55)47(65-11)36(8)48(61)53-51(50(63)56-28-16-17-29-66-56)31-39(51)37-20-14-13-15-21-37/h13-15,20-21,25,32-36,39-41,44-45,47H,12,16-19,22-24,26-31H2,1-11H3,(H,52,62)(H,53,61)(H,58,59)/b38-25-/t34-,35?,36+,39+,40-,41+,44-,45-,47+,51-/m0/s1. The van der Waals surface area contributed by atoms with E-state index in [2.05, 4.69) is 24.5 Å². The average molecular weight is 924 g/mol. The van der Waals surface area contributed by atoms with Gasteiger partial charge in [0.1, 0.15) is 5.54 Å². The molecule has 2 saturated heterocycles. The van der Waals surface area contributed by atoms with Crippen molar-refractivity contribution in [2.45, 2.75) is 161 Å². The molecule has 2 heterocycles. The van der Waals surface area contributed by atoms with Crippen molar-refractivity contribution in [3.05, 3.63) is 47.5 Å². The summed E-state index contributed by atoms with van der Waals surface area (Å²) in [6.45, 7) is 17.4. The predicted octanol–water partition coefficient (Wildman–Crippen LogP) is 6.16. The average Bonchev–Trinajstić information content (AvgIpc) is 3.82. The van der Waals surface area contributed by atoms with E-state index in [4.69, 9.17) is 19.4 Å². The lowest BCUT2D eigenvalue weighted by atomic mass is 9.86. The molecule has 4 amide bonds. The highest BCUT2D eigenvalue weighted by Gasteiger charge is 2.64. The summed E-state index contributed by atoms with van der Waals surface area (Å²) in [4.78, 5) is 91.1. The van der Waals surface area contributed by atoms with Gasteiger partial charge < -0.3 is 30.1 Å². The number of carboxylic acids is 1. The molecular formula is C51H81N5O10. The molecule has 3 fully saturated rings. The lowest BCUT2D eigenvalue weighted by Gasteiger charge is -2.36. The number of allylic oxidation sites excluding steroid dienone is 1. The number of likely N-dealkylation sites (tertiary alicyclic amines) is 1. The number of hydrogen-bond donors (Lipinski definition) is 3. The maximum Gasteiger partial charge on any atom is 0.303 e. The molecule has 370 valence electrons. The van der Waals surface area contributed by atoms with Crippen LogP contribution in [0, 0.1) is 29.6 Å². The third-order valence-electron chi connectivity index (χ3n) is 14.2. The van der Waals surface area contributed by atoms with Gasteiger partial charge in [-0.15, -0.1) is 0 Å². The number of likely N-dealkylation sites (N-methyl/N-ethyl adjacent to an activating group) is 1. The van der Waals surface area contributed by atoms with Crippen molar-refractivity contribution in [1.82, 2.24) is 25.5 Å². The molecule has 1 aromatic rings. The number of amides is 4. The number of hydrogen-bond acceptors (Lipinski definition) is 10. The van der Waals surface area contributed by atoms with Crippen LogP contribution in [0.1, 0.15) is 131 Å². The third-order valence-corrected chi connectivity index (χ3v) is 14.2. The van der Waals surface area contributed by atoms with Crippen LogP contribution in [0.15, 0.2) is 42.0 Å². The topological polar surface area (TPSA) is 184 Å². The van der Waals surface area contributed by atoms with Gasteiger partial charge in [0.2, 0.25) is 17.7 Å². The highest BCUT2D eigenvalue weighted by atomic mass is 16.7. The molecule has 0 aromatic heterocycles. The summed E-state index contributed by atoms with van der Waals surface area (Å²) in [5, 5.41) is 16.7. The molecule has 10 atom stereocenters. The van der Waals surface area contributed by atoms with Gasteiger partial charge in [0, 0.05) is 45.6 Å². The first-order valence-electron chi connectivity index (χ1n) is 24.5. The molecule has 4 rings (SSSR count). The number of ether oxygens (including phenoxy) is 2. The van der Waals surface area contributed by atoms with Crippen LogP contribution >= 0.6 is 0 Å². The molecule has 0 bridgehead atoms. The minimum atomic E-state index is -1.14. The first-order chi connectivity index (χ1) is 31.3. The largest absolute Gasteiger partial charge is 0.481 e. The summed E-state index contributed by atoms with van der Waals surface area (Å²) < 4.78 is 12.1. The van der Waals surface area contributed by atoms with Gasteiger partial charge in [-0.2, -0.15) is 0 Å². The van der Waals surface area contributed by atoms with E-state index < -0.39 is 47.6 Å². The number of carboxylic acid groups (broad SMARTS) is 1. The van der Waals surface area contributed by atoms with E-state index in [0.29, 0.717) is 51.9 Å². The number of hydroxylamine groups is 2. The fraction of sp³-hybridized carbons (Fsp3) is 0.725. The van der Waals surface area contributed by atoms with Gasteiger partial charge in [0.25, 0.3) is 5.91 Å². The van der Waals surface area contributed by atoms with Crippen LogP contribution in [0.5, 0.6) is 0 Å². The number of carbonyl (C=O) groups excluding carboxylic acids is 5. The molecule has 2 aliphatic heterocycles. The Labute approximate surface area is 394 Å². The van der Waals surface area contributed by atoms with Crippen LogP contribution in [0.2, 0.25) is 0 Å². The van der Waals surface area contributed by atoms with Crippen molar-refractivity contribution in [1.29, 1.82) is 0 Å². The number of carbonyl (C=O) groups is 6. The number of nitrogens with zero attached hydrogens (tertiary/aromatic N) is 3. The molecule has 15 nitrogen and oxygen atoms in total. The van der Waals surface area contributed by atoms with Crippen molar-refractivity contribution in [2.24, 2.45) is 29.6 Å². The summed E-state index contributed by atoms with van der Waals surface area (Å²) >= 11 is 0. The number of methoxy groups -OCH3 is 2. The SMILES string of the molecule is CC[C@H](C)/C(=C/CC(C)C(=O)[C@@H](NC(=O)[C@H](C(C)C)N(C)CCCC(=O)O)C(C)C)[C@@H](CC(=O)N1CCC[C@H]1[C@H](OC)[C@@H](C)C(=O)N[C@@]1(C(=O)N2CCCCO2)C[C@@H]1c1ccccc1)OC. The Morgan fingerprint density at radius 1 is 0.924 bits per heavy atom. The second-order valence-electron chi connectivity index (χ2n) is 19.7. The van der Waals surface area contributed by atoms with E-state index in [9.17, 15) is 28.8 Å². The summed E-state index contributed by atoms with van der Waals surface area (Å²) in [5.41, 5.74) is 0.767. The van der Waals surface area contributed by atoms with Gasteiger partial charge in [-0.25, -0.2) is 5.06 Å². The van der Waals surface area contributed by atoms with E-state index in [1.54, 1.807) is 28.2 Å². The van der Waals surface area contributed by atoms with Crippen LogP contribution in [0.4, 0.5) is 0 Å². The van der Waals surface area contributed by atoms with Crippen molar-refractivity contribution in [3.63, 3.8) is 0 Å². The first-order valence-corrected chi connectivity index (χ1v) is 24.5. The van der Waals surface area contributed by atoms with Gasteiger partial charge in [-0.05, 0) is 93.8 Å². The molecule has 0 spiro atoms. The van der Waals surface area contributed by atoms with Crippen LogP contribution in [0.3, 0.4) is 0 Å². The fourth-order valence-corrected chi connectivity index (χ4v) is 10.0. The number of ketones is 1. The molecule has 3 N–H and O–H groups in total. The Morgan fingerprint density at radius 3 is 2.20 bits per heavy atom. The van der Waals surface area contributed by atoms with E-state index >= 15 is 0 Å². The van der Waals surface area contributed by atoms with Crippen LogP contribution in [-0.2, 0) is 43.1 Å². The van der Waals surface area contributed by atoms with Gasteiger partial charge >= 0.3 is 5.97 Å². The molecule has 1 aromatic carbocycles. The minimum Gasteiger partial charge on any atom is -0.481 e. The number of rotatable bonds is 26. The summed E-state index contributed by atoms with van der Waals surface area (Å²) in [6.07, 6.45) is 6.04. The van der Waals surface area contributed by atoms with E-state index in [-0.39, 0.29) is 72.0 Å². The monoisotopic (exact) mass is 924 g/mol. The Bertz CT molecular complexity index is 1820. The molecular weight excluding hydrogens is 843 g/mol. The Hall–Kier alpha value is -4.18. The maximum atomic E-state index is 14.4. The van der Waals surface area contributed by atoms with Gasteiger partial charge in [-0.3, -0.25) is 38.5 Å². The van der Waals surface area contributed by atoms with E-state index in [0.717, 1.165) is 36.8 Å². The Morgan fingerprint density at radius 2 is 1.62 bits per heavy atom. The maximum absolute atomic E-state index is 14.4. The number of nitrogens with one attached hydrogen (secondary N) is 2. The molecule has 15 heteroatoms. The summed E-state index contributed by atoms with van der Waals surface area (Å²) in [5.74, 6) is -3.44. The molecule has 66 heavy (non-hydrogen) atoms. The second-order valence-corrected chi connectivity index (χ2v) is 19.7. The normalized spacial score (nSPS) is 23.2. The molecule has 0 radical (unpaired) electrons. The predicted molar refractivity (Wildman–Crippen MR) is 253 cm³/mol. The van der Waals surface area contributed by atoms with Gasteiger partial charge in [-0.1, -0.05) is 91.8 Å². The summed E-state index contributed by atoms with van der Waals surface area (Å²) in [7, 11) is 4.96. The Balaban J connectivity index is 1.46. The first kappa shape index (κ1) is 54.4. The minimum absolute atomic E-state index is 0.0100. The number of aliphatic carboxylic acids is 1. The molecule has 1 aliphatic carbocycles. The zero-order chi connectivity index (χ0) is 48.9. The van der Waals surface area contributed by atoms with Crippen LogP contribution < -0.4 is 10.6 Å². The van der Waals surface area contributed by atoms with Gasteiger partial charge in [0.15, 0.2) is 5.78 Å². The number of benzene rings is 1. The lowest BCUT2D eigenvalue weighted by molar-refractivity contribution is -0.200. The number of Topliss-reactive ketones (excluding diaryl/α,β-unsaturated/α-hetero) is 1.